The molecule has 4 heteroatoms. The van der Waals surface area contributed by atoms with Gasteiger partial charge in [-0.25, -0.2) is 0 Å². The van der Waals surface area contributed by atoms with Crippen molar-refractivity contribution in [3.05, 3.63) is 29.8 Å². The number of oxime groups is 1. The summed E-state index contributed by atoms with van der Waals surface area (Å²) in [5.74, 6) is 0.345. The molecular formula is C15H23N3O. The van der Waals surface area contributed by atoms with E-state index in [1.165, 1.54) is 11.3 Å². The van der Waals surface area contributed by atoms with E-state index >= 15 is 0 Å². The highest BCUT2D eigenvalue weighted by Gasteiger charge is 2.44. The minimum atomic E-state index is 0.206. The van der Waals surface area contributed by atoms with Gasteiger partial charge in [-0.2, -0.15) is 0 Å². The van der Waals surface area contributed by atoms with E-state index in [4.69, 9.17) is 10.9 Å². The van der Waals surface area contributed by atoms with Crippen LogP contribution in [0.5, 0.6) is 0 Å². The average Bonchev–Trinajstić information content (AvgIpc) is 3.17. The van der Waals surface area contributed by atoms with Gasteiger partial charge in [-0.05, 0) is 44.2 Å². The summed E-state index contributed by atoms with van der Waals surface area (Å²) in [6, 6.07) is 8.61. The van der Waals surface area contributed by atoms with Crippen molar-refractivity contribution >= 4 is 11.5 Å². The fourth-order valence-electron chi connectivity index (χ4n) is 2.53. The van der Waals surface area contributed by atoms with Gasteiger partial charge in [0.05, 0.1) is 0 Å². The van der Waals surface area contributed by atoms with Gasteiger partial charge in [0.25, 0.3) is 0 Å². The van der Waals surface area contributed by atoms with Crippen molar-refractivity contribution in [3.63, 3.8) is 0 Å². The second-order valence-corrected chi connectivity index (χ2v) is 5.62. The fourth-order valence-corrected chi connectivity index (χ4v) is 2.53. The third-order valence-corrected chi connectivity index (χ3v) is 3.95. The van der Waals surface area contributed by atoms with Crippen LogP contribution in [0, 0.1) is 12.3 Å². The van der Waals surface area contributed by atoms with Gasteiger partial charge < -0.3 is 15.8 Å². The molecule has 0 saturated heterocycles. The lowest BCUT2D eigenvalue weighted by atomic mass is 10.0. The first-order valence-electron chi connectivity index (χ1n) is 6.86. The molecule has 1 saturated carbocycles. The number of benzene rings is 1. The molecule has 0 spiro atoms. The van der Waals surface area contributed by atoms with Gasteiger partial charge >= 0.3 is 0 Å². The van der Waals surface area contributed by atoms with E-state index in [0.717, 1.165) is 25.9 Å². The summed E-state index contributed by atoms with van der Waals surface area (Å²) in [4.78, 5) is 2.37. The van der Waals surface area contributed by atoms with Crippen molar-refractivity contribution in [1.29, 1.82) is 0 Å². The van der Waals surface area contributed by atoms with Crippen molar-refractivity contribution in [2.45, 2.75) is 33.1 Å². The maximum absolute atomic E-state index is 8.71. The summed E-state index contributed by atoms with van der Waals surface area (Å²) >= 11 is 0. The topological polar surface area (TPSA) is 61.8 Å². The van der Waals surface area contributed by atoms with Crippen LogP contribution in [0.25, 0.3) is 0 Å². The molecule has 0 aromatic heterocycles. The molecule has 0 amide bonds. The summed E-state index contributed by atoms with van der Waals surface area (Å²) < 4.78 is 0. The Bertz CT molecular complexity index is 449. The molecule has 0 bridgehead atoms. The van der Waals surface area contributed by atoms with Gasteiger partial charge in [-0.3, -0.25) is 0 Å². The van der Waals surface area contributed by atoms with E-state index in [-0.39, 0.29) is 5.41 Å². The normalized spacial score (nSPS) is 17.3. The lowest BCUT2D eigenvalue weighted by molar-refractivity contribution is 0.314. The first kappa shape index (κ1) is 13.7. The highest BCUT2D eigenvalue weighted by molar-refractivity contribution is 5.80. The molecule has 2 rings (SSSR count). The van der Waals surface area contributed by atoms with Crippen molar-refractivity contribution in [3.8, 4) is 0 Å². The van der Waals surface area contributed by atoms with Crippen molar-refractivity contribution in [2.75, 3.05) is 18.0 Å². The van der Waals surface area contributed by atoms with Crippen LogP contribution in [0.2, 0.25) is 0 Å². The second kappa shape index (κ2) is 5.51. The first-order chi connectivity index (χ1) is 9.08. The summed E-state index contributed by atoms with van der Waals surface area (Å²) in [6.45, 7) is 6.21. The van der Waals surface area contributed by atoms with Crippen LogP contribution in [-0.2, 0) is 0 Å². The average molecular weight is 261 g/mol. The van der Waals surface area contributed by atoms with Gasteiger partial charge in [0.1, 0.15) is 5.84 Å². The minimum absolute atomic E-state index is 0.206. The van der Waals surface area contributed by atoms with Crippen LogP contribution in [0.3, 0.4) is 0 Å². The zero-order valence-electron chi connectivity index (χ0n) is 11.8. The molecule has 1 fully saturated rings. The quantitative estimate of drug-likeness (QED) is 0.358. The number of rotatable bonds is 6. The molecule has 4 nitrogen and oxygen atoms in total. The highest BCUT2D eigenvalue weighted by Crippen LogP contribution is 2.49. The molecule has 3 N–H and O–H groups in total. The molecule has 0 heterocycles. The lowest BCUT2D eigenvalue weighted by Gasteiger charge is -2.28. The second-order valence-electron chi connectivity index (χ2n) is 5.62. The number of hydrogen-bond donors (Lipinski definition) is 2. The van der Waals surface area contributed by atoms with E-state index in [2.05, 4.69) is 48.2 Å². The lowest BCUT2D eigenvalue weighted by Crippen LogP contribution is -2.32. The smallest absolute Gasteiger partial charge is 0.139 e. The predicted octanol–water partition coefficient (Wildman–Crippen LogP) is 2.74. The number of anilines is 1. The van der Waals surface area contributed by atoms with Gasteiger partial charge in [0.2, 0.25) is 0 Å². The van der Waals surface area contributed by atoms with E-state index in [0.29, 0.717) is 12.3 Å². The first-order valence-corrected chi connectivity index (χ1v) is 6.86. The standard InChI is InChI=1S/C15H23N3O/c1-3-18(13-6-4-12(2)5-7-13)11-15(8-9-15)10-14(16)17-19/h4-7,19H,3,8-11H2,1-2H3,(H2,16,17). The molecule has 1 aromatic carbocycles. The molecule has 0 radical (unpaired) electrons. The Hall–Kier alpha value is -1.71. The Balaban J connectivity index is 2.05. The number of amidine groups is 1. The SMILES string of the molecule is CCN(CC1(CC(N)=NO)CC1)c1ccc(C)cc1. The third kappa shape index (κ3) is 3.40. The van der Waals surface area contributed by atoms with E-state index in [1.807, 2.05) is 0 Å². The summed E-state index contributed by atoms with van der Waals surface area (Å²) in [6.07, 6.45) is 3.00. The Morgan fingerprint density at radius 3 is 2.47 bits per heavy atom. The monoisotopic (exact) mass is 261 g/mol. The molecule has 0 atom stereocenters. The Labute approximate surface area is 114 Å². The van der Waals surface area contributed by atoms with Crippen molar-refractivity contribution in [2.24, 2.45) is 16.3 Å². The molecule has 1 aliphatic rings. The largest absolute Gasteiger partial charge is 0.409 e. The van der Waals surface area contributed by atoms with Crippen LogP contribution in [0.4, 0.5) is 5.69 Å². The van der Waals surface area contributed by atoms with E-state index in [9.17, 15) is 0 Å². The van der Waals surface area contributed by atoms with Crippen LogP contribution in [0.1, 0.15) is 31.7 Å². The van der Waals surface area contributed by atoms with E-state index in [1.54, 1.807) is 0 Å². The maximum atomic E-state index is 8.71. The van der Waals surface area contributed by atoms with Crippen LogP contribution in [0.15, 0.2) is 29.4 Å². The number of nitrogens with two attached hydrogens (primary N) is 1. The summed E-state index contributed by atoms with van der Waals surface area (Å²) in [5.41, 5.74) is 8.39. The molecule has 0 unspecified atom stereocenters. The Morgan fingerprint density at radius 2 is 2.00 bits per heavy atom. The summed E-state index contributed by atoms with van der Waals surface area (Å²) in [5, 5.41) is 11.8. The Morgan fingerprint density at radius 1 is 1.37 bits per heavy atom. The molecule has 0 aliphatic heterocycles. The number of hydrogen-bond acceptors (Lipinski definition) is 3. The predicted molar refractivity (Wildman–Crippen MR) is 78.8 cm³/mol. The molecule has 104 valence electrons. The van der Waals surface area contributed by atoms with Crippen LogP contribution < -0.4 is 10.6 Å². The van der Waals surface area contributed by atoms with Crippen molar-refractivity contribution in [1.82, 2.24) is 0 Å². The summed E-state index contributed by atoms with van der Waals surface area (Å²) in [7, 11) is 0. The minimum Gasteiger partial charge on any atom is -0.409 e. The van der Waals surface area contributed by atoms with Gasteiger partial charge in [-0.1, -0.05) is 22.9 Å². The Kier molecular flexibility index (Phi) is 3.98. The molecule has 1 aliphatic carbocycles. The highest BCUT2D eigenvalue weighted by atomic mass is 16.4. The van der Waals surface area contributed by atoms with E-state index < -0.39 is 0 Å². The van der Waals surface area contributed by atoms with Gasteiger partial charge in [0, 0.05) is 25.2 Å². The van der Waals surface area contributed by atoms with Crippen molar-refractivity contribution < 1.29 is 5.21 Å². The third-order valence-electron chi connectivity index (χ3n) is 3.95. The van der Waals surface area contributed by atoms with Crippen LogP contribution in [-0.4, -0.2) is 24.1 Å². The van der Waals surface area contributed by atoms with Crippen LogP contribution >= 0.6 is 0 Å². The molecule has 19 heavy (non-hydrogen) atoms. The van der Waals surface area contributed by atoms with Gasteiger partial charge in [0.15, 0.2) is 0 Å². The number of aryl methyl sites for hydroxylation is 1. The zero-order chi connectivity index (χ0) is 13.9. The molecular weight excluding hydrogens is 238 g/mol. The maximum Gasteiger partial charge on any atom is 0.139 e. The van der Waals surface area contributed by atoms with Gasteiger partial charge in [-0.15, -0.1) is 0 Å². The molecule has 1 aromatic rings. The fraction of sp³-hybridized carbons (Fsp3) is 0.533. The zero-order valence-corrected chi connectivity index (χ0v) is 11.8. The number of nitrogens with zero attached hydrogens (tertiary/aromatic N) is 2.